The van der Waals surface area contributed by atoms with E-state index in [0.717, 1.165) is 9.44 Å². The number of nitrogens with zero attached hydrogens (tertiary/aromatic N) is 5. The lowest BCUT2D eigenvalue weighted by Crippen LogP contribution is -2.49. The minimum atomic E-state index is -4.58. The largest absolute Gasteiger partial charge is 0.451 e. The van der Waals surface area contributed by atoms with Crippen LogP contribution in [0.1, 0.15) is 29.4 Å². The van der Waals surface area contributed by atoms with Gasteiger partial charge in [0.2, 0.25) is 17.6 Å². The van der Waals surface area contributed by atoms with Gasteiger partial charge in [-0.3, -0.25) is 9.59 Å². The minimum absolute atomic E-state index is 0.0193. The van der Waals surface area contributed by atoms with Crippen molar-refractivity contribution in [3.05, 3.63) is 34.0 Å². The van der Waals surface area contributed by atoms with Gasteiger partial charge in [0.1, 0.15) is 6.04 Å². The van der Waals surface area contributed by atoms with Crippen LogP contribution in [0.3, 0.4) is 0 Å². The lowest BCUT2D eigenvalue weighted by atomic mass is 10.1. The number of thiophene rings is 1. The Morgan fingerprint density at radius 2 is 2.11 bits per heavy atom. The van der Waals surface area contributed by atoms with E-state index in [1.807, 2.05) is 17.5 Å². The van der Waals surface area contributed by atoms with Gasteiger partial charge >= 0.3 is 6.18 Å². The van der Waals surface area contributed by atoms with E-state index in [0.29, 0.717) is 19.4 Å². The van der Waals surface area contributed by atoms with Crippen molar-refractivity contribution in [1.82, 2.24) is 24.6 Å². The fraction of sp³-hybridized carbons (Fsp3) is 0.500. The summed E-state index contributed by atoms with van der Waals surface area (Å²) >= 11 is 1.51. The van der Waals surface area contributed by atoms with Crippen LogP contribution in [0.2, 0.25) is 0 Å². The maximum absolute atomic E-state index is 13.0. The normalized spacial score (nSPS) is 20.3. The average molecular weight is 399 g/mol. The first-order valence-corrected chi connectivity index (χ1v) is 9.32. The Balaban J connectivity index is 1.50. The maximum atomic E-state index is 13.0. The second kappa shape index (κ2) is 6.63. The minimum Gasteiger partial charge on any atom is -0.332 e. The summed E-state index contributed by atoms with van der Waals surface area (Å²) in [5.74, 6) is -1.27. The summed E-state index contributed by atoms with van der Waals surface area (Å²) in [4.78, 5) is 29.2. The molecule has 1 fully saturated rings. The van der Waals surface area contributed by atoms with Gasteiger partial charge in [0, 0.05) is 24.4 Å². The lowest BCUT2D eigenvalue weighted by Gasteiger charge is -2.32. The fourth-order valence-electron chi connectivity index (χ4n) is 3.53. The molecule has 0 saturated carbocycles. The van der Waals surface area contributed by atoms with E-state index in [1.54, 1.807) is 4.90 Å². The molecule has 2 amide bonds. The highest BCUT2D eigenvalue weighted by molar-refractivity contribution is 7.09. The first-order valence-electron chi connectivity index (χ1n) is 8.44. The van der Waals surface area contributed by atoms with Crippen molar-refractivity contribution in [2.24, 2.45) is 0 Å². The van der Waals surface area contributed by atoms with Gasteiger partial charge in [0.05, 0.1) is 13.1 Å². The van der Waals surface area contributed by atoms with Crippen molar-refractivity contribution in [3.63, 3.8) is 0 Å². The van der Waals surface area contributed by atoms with Crippen LogP contribution >= 0.6 is 11.3 Å². The van der Waals surface area contributed by atoms with Crippen LogP contribution < -0.4 is 0 Å². The first-order chi connectivity index (χ1) is 12.8. The van der Waals surface area contributed by atoms with Crippen LogP contribution in [0.25, 0.3) is 0 Å². The zero-order valence-corrected chi connectivity index (χ0v) is 15.0. The molecule has 144 valence electrons. The molecule has 11 heteroatoms. The molecule has 0 aromatic carbocycles. The zero-order chi connectivity index (χ0) is 19.2. The van der Waals surface area contributed by atoms with Crippen molar-refractivity contribution in [1.29, 1.82) is 0 Å². The molecule has 0 radical (unpaired) electrons. The Hall–Kier alpha value is -2.43. The number of hydrogen-bond acceptors (Lipinski definition) is 5. The number of halogens is 3. The van der Waals surface area contributed by atoms with Crippen molar-refractivity contribution in [2.75, 3.05) is 6.54 Å². The van der Waals surface area contributed by atoms with E-state index in [1.165, 1.54) is 16.2 Å². The van der Waals surface area contributed by atoms with E-state index in [-0.39, 0.29) is 37.3 Å². The van der Waals surface area contributed by atoms with Gasteiger partial charge in [0.25, 0.3) is 0 Å². The van der Waals surface area contributed by atoms with Gasteiger partial charge in [0.15, 0.2) is 5.82 Å². The smallest absolute Gasteiger partial charge is 0.332 e. The topological polar surface area (TPSA) is 71.3 Å². The number of hydrogen-bond donors (Lipinski definition) is 0. The Bertz CT molecular complexity index is 864. The number of carbonyl (C=O) groups is 2. The summed E-state index contributed by atoms with van der Waals surface area (Å²) in [5.41, 5.74) is 0. The van der Waals surface area contributed by atoms with Crippen LogP contribution in [-0.4, -0.2) is 49.0 Å². The Morgan fingerprint density at radius 3 is 2.81 bits per heavy atom. The molecule has 4 rings (SSSR count). The van der Waals surface area contributed by atoms with Gasteiger partial charge in [-0.05, 0) is 17.9 Å². The number of amides is 2. The molecule has 7 nitrogen and oxygen atoms in total. The Labute approximate surface area is 156 Å². The van der Waals surface area contributed by atoms with Crippen LogP contribution in [-0.2, 0) is 35.4 Å². The van der Waals surface area contributed by atoms with E-state index in [4.69, 9.17) is 0 Å². The highest BCUT2D eigenvalue weighted by atomic mass is 32.1. The molecule has 0 spiro atoms. The summed E-state index contributed by atoms with van der Waals surface area (Å²) in [6.07, 6.45) is -3.86. The zero-order valence-electron chi connectivity index (χ0n) is 14.1. The van der Waals surface area contributed by atoms with Crippen LogP contribution in [0.4, 0.5) is 13.2 Å². The highest BCUT2D eigenvalue weighted by Crippen LogP contribution is 2.30. The van der Waals surface area contributed by atoms with Crippen molar-refractivity contribution < 1.29 is 22.8 Å². The predicted molar refractivity (Wildman–Crippen MR) is 88.3 cm³/mol. The standard InChI is InChI=1S/C16H16F3N5O2S/c17-16(18,19)15-21-20-12-9-22(5-6-23(12)15)14(26)11-3-4-13(25)24(11)8-10-2-1-7-27-10/h1-2,7,11H,3-6,8-9H2. The SMILES string of the molecule is O=C(C1CCC(=O)N1Cc1cccs1)N1CCn2c(nnc2C(F)(F)F)C1. The summed E-state index contributed by atoms with van der Waals surface area (Å²) in [6, 6.07) is 3.20. The average Bonchev–Trinajstić information content (AvgIpc) is 3.34. The van der Waals surface area contributed by atoms with Crippen molar-refractivity contribution >= 4 is 23.2 Å². The van der Waals surface area contributed by atoms with Gasteiger partial charge in [-0.1, -0.05) is 6.07 Å². The third-order valence-electron chi connectivity index (χ3n) is 4.84. The molecule has 2 aromatic heterocycles. The molecular formula is C16H16F3N5O2S. The summed E-state index contributed by atoms with van der Waals surface area (Å²) in [5, 5.41) is 8.73. The van der Waals surface area contributed by atoms with Gasteiger partial charge in [-0.15, -0.1) is 21.5 Å². The van der Waals surface area contributed by atoms with Crippen molar-refractivity contribution in [3.8, 4) is 0 Å². The maximum Gasteiger partial charge on any atom is 0.451 e. The second-order valence-electron chi connectivity index (χ2n) is 6.50. The predicted octanol–water partition coefficient (Wildman–Crippen LogP) is 1.89. The third kappa shape index (κ3) is 3.31. The first kappa shape index (κ1) is 18.0. The highest BCUT2D eigenvalue weighted by Gasteiger charge is 2.42. The Kier molecular flexibility index (Phi) is 4.41. The van der Waals surface area contributed by atoms with E-state index in [2.05, 4.69) is 10.2 Å². The van der Waals surface area contributed by atoms with Crippen LogP contribution in [0, 0.1) is 0 Å². The molecule has 2 aliphatic heterocycles. The molecule has 4 heterocycles. The van der Waals surface area contributed by atoms with Gasteiger partial charge in [-0.2, -0.15) is 13.2 Å². The molecule has 2 aromatic rings. The van der Waals surface area contributed by atoms with E-state index < -0.39 is 18.0 Å². The number of rotatable bonds is 3. The molecule has 2 aliphatic rings. The summed E-state index contributed by atoms with van der Waals surface area (Å²) < 4.78 is 39.8. The number of carbonyl (C=O) groups excluding carboxylic acids is 2. The molecule has 1 atom stereocenters. The lowest BCUT2D eigenvalue weighted by molar-refractivity contribution is -0.149. The monoisotopic (exact) mass is 399 g/mol. The van der Waals surface area contributed by atoms with Crippen molar-refractivity contribution in [2.45, 2.75) is 44.7 Å². The third-order valence-corrected chi connectivity index (χ3v) is 5.70. The quantitative estimate of drug-likeness (QED) is 0.790. The molecule has 1 unspecified atom stereocenters. The molecule has 1 saturated heterocycles. The molecule has 0 N–H and O–H groups in total. The number of alkyl halides is 3. The van der Waals surface area contributed by atoms with E-state index in [9.17, 15) is 22.8 Å². The van der Waals surface area contributed by atoms with E-state index >= 15 is 0 Å². The van der Waals surface area contributed by atoms with Gasteiger partial charge in [-0.25, -0.2) is 0 Å². The summed E-state index contributed by atoms with van der Waals surface area (Å²) in [6.45, 7) is 0.438. The molecule has 0 bridgehead atoms. The summed E-state index contributed by atoms with van der Waals surface area (Å²) in [7, 11) is 0. The van der Waals surface area contributed by atoms with Crippen LogP contribution in [0.5, 0.6) is 0 Å². The second-order valence-corrected chi connectivity index (χ2v) is 7.54. The Morgan fingerprint density at radius 1 is 1.30 bits per heavy atom. The van der Waals surface area contributed by atoms with Gasteiger partial charge < -0.3 is 14.4 Å². The van der Waals surface area contributed by atoms with Crippen LogP contribution in [0.15, 0.2) is 17.5 Å². The number of likely N-dealkylation sites (tertiary alicyclic amines) is 1. The fourth-order valence-corrected chi connectivity index (χ4v) is 4.23. The molecule has 0 aliphatic carbocycles. The molecule has 27 heavy (non-hydrogen) atoms. The number of aromatic nitrogens is 3. The number of fused-ring (bicyclic) bond motifs is 1. The molecular weight excluding hydrogens is 383 g/mol.